The number of aryl methyl sites for hydroxylation is 1. The Morgan fingerprint density at radius 3 is 3.08 bits per heavy atom. The molecule has 3 atom stereocenters. The van der Waals surface area contributed by atoms with E-state index in [9.17, 15) is 5.11 Å². The van der Waals surface area contributed by atoms with E-state index in [4.69, 9.17) is 4.98 Å². The molecule has 2 aliphatic rings. The number of nitrogens with one attached hydrogen (secondary N) is 1. The molecule has 1 fully saturated rings. The van der Waals surface area contributed by atoms with Gasteiger partial charge >= 0.3 is 0 Å². The van der Waals surface area contributed by atoms with Gasteiger partial charge < -0.3 is 10.0 Å². The number of fused-ring (bicyclic) bond motifs is 5. The lowest BCUT2D eigenvalue weighted by molar-refractivity contribution is 0.124. The van der Waals surface area contributed by atoms with Crippen molar-refractivity contribution in [3.8, 4) is 0 Å². The van der Waals surface area contributed by atoms with Gasteiger partial charge in [-0.25, -0.2) is 14.2 Å². The maximum atomic E-state index is 10.6. The summed E-state index contributed by atoms with van der Waals surface area (Å²) in [7, 11) is 0. The van der Waals surface area contributed by atoms with Gasteiger partial charge in [-0.1, -0.05) is 5.21 Å². The topological polar surface area (TPSA) is 96.4 Å². The number of anilines is 1. The minimum Gasteiger partial charge on any atom is -0.374 e. The van der Waals surface area contributed by atoms with Crippen molar-refractivity contribution in [3.63, 3.8) is 0 Å². The van der Waals surface area contributed by atoms with Gasteiger partial charge in [0, 0.05) is 25.3 Å². The number of aromatic nitrogens is 6. The maximum Gasteiger partial charge on any atom is 0.164 e. The lowest BCUT2D eigenvalue weighted by Crippen LogP contribution is -2.31. The van der Waals surface area contributed by atoms with Crippen LogP contribution in [0.2, 0.25) is 0 Å². The third-order valence-electron chi connectivity index (χ3n) is 5.43. The number of rotatable bonds is 0. The van der Waals surface area contributed by atoms with Crippen LogP contribution >= 0.6 is 0 Å². The Kier molecular flexibility index (Phi) is 3.64. The summed E-state index contributed by atoms with van der Waals surface area (Å²) in [5.74, 6) is 0.897. The molecule has 0 aromatic carbocycles. The highest BCUT2D eigenvalue weighted by Gasteiger charge is 2.31. The van der Waals surface area contributed by atoms with E-state index in [0.29, 0.717) is 11.2 Å². The van der Waals surface area contributed by atoms with Crippen LogP contribution in [0.3, 0.4) is 0 Å². The molecule has 0 spiro atoms. The molecular weight excluding hydrogens is 332 g/mol. The zero-order valence-corrected chi connectivity index (χ0v) is 14.7. The Hall–Kier alpha value is -2.52. The molecule has 2 N–H and O–H groups in total. The molecule has 5 rings (SSSR count). The minimum atomic E-state index is -0.810. The molecule has 1 unspecified atom stereocenters. The Bertz CT molecular complexity index is 934. The molecule has 2 aliphatic heterocycles. The summed E-state index contributed by atoms with van der Waals surface area (Å²) >= 11 is 0. The molecular formula is C17H22N8O. The fourth-order valence-corrected chi connectivity index (χ4v) is 4.03. The second-order valence-corrected chi connectivity index (χ2v) is 7.15. The first-order chi connectivity index (χ1) is 12.7. The first kappa shape index (κ1) is 15.7. The molecule has 0 saturated carbocycles. The number of nitrogens with zero attached hydrogens (tertiary/aromatic N) is 7. The Morgan fingerprint density at radius 2 is 2.15 bits per heavy atom. The molecule has 3 aromatic rings. The molecule has 0 radical (unpaired) electrons. The highest BCUT2D eigenvalue weighted by atomic mass is 16.3. The standard InChI is InChI=1S/C17H22N8O/c1-11-4-7-24-14(10-18-22-24)13-3-2-6-23(13)15-5-8-25-16(21-15)12(9-19-25)17(26)20-11/h5,8-11,13,17,20,26H,2-4,6-7H2,1H3/t11-,13-,17?/m1/s1. The van der Waals surface area contributed by atoms with Gasteiger partial charge in [0.1, 0.15) is 12.0 Å². The second kappa shape index (κ2) is 6.03. The van der Waals surface area contributed by atoms with E-state index >= 15 is 0 Å². The van der Waals surface area contributed by atoms with Crippen LogP contribution in [0.4, 0.5) is 5.82 Å². The second-order valence-electron chi connectivity index (χ2n) is 7.15. The summed E-state index contributed by atoms with van der Waals surface area (Å²) in [6.07, 6.45) is 7.66. The minimum absolute atomic E-state index is 0.112. The molecule has 2 bridgehead atoms. The number of hydrogen-bond acceptors (Lipinski definition) is 7. The summed E-state index contributed by atoms with van der Waals surface area (Å²) < 4.78 is 3.71. The molecule has 9 heteroatoms. The van der Waals surface area contributed by atoms with Crippen molar-refractivity contribution in [3.05, 3.63) is 35.9 Å². The van der Waals surface area contributed by atoms with E-state index < -0.39 is 6.23 Å². The van der Waals surface area contributed by atoms with Crippen LogP contribution in [-0.2, 0) is 6.54 Å². The van der Waals surface area contributed by atoms with Crippen molar-refractivity contribution in [1.29, 1.82) is 0 Å². The van der Waals surface area contributed by atoms with Crippen molar-refractivity contribution in [2.24, 2.45) is 0 Å². The van der Waals surface area contributed by atoms with E-state index in [2.05, 4.69) is 32.6 Å². The van der Waals surface area contributed by atoms with Crippen molar-refractivity contribution in [1.82, 2.24) is 34.9 Å². The van der Waals surface area contributed by atoms with Crippen molar-refractivity contribution in [2.75, 3.05) is 11.4 Å². The number of hydrogen-bond donors (Lipinski definition) is 2. The summed E-state index contributed by atoms with van der Waals surface area (Å²) in [6, 6.07) is 2.32. The number of aliphatic hydroxyl groups excluding tert-OH is 1. The van der Waals surface area contributed by atoms with Gasteiger partial charge in [0.05, 0.1) is 29.7 Å². The number of aliphatic hydroxyl groups is 1. The van der Waals surface area contributed by atoms with Crippen LogP contribution < -0.4 is 10.2 Å². The zero-order chi connectivity index (χ0) is 17.7. The van der Waals surface area contributed by atoms with Crippen molar-refractivity contribution in [2.45, 2.75) is 51.0 Å². The quantitative estimate of drug-likeness (QED) is 0.622. The van der Waals surface area contributed by atoms with Gasteiger partial charge in [0.2, 0.25) is 0 Å². The van der Waals surface area contributed by atoms with Gasteiger partial charge in [-0.2, -0.15) is 5.10 Å². The normalized spacial score (nSPS) is 26.2. The van der Waals surface area contributed by atoms with Crippen LogP contribution in [0.1, 0.15) is 49.7 Å². The van der Waals surface area contributed by atoms with E-state index in [1.165, 1.54) is 0 Å². The highest BCUT2D eigenvalue weighted by molar-refractivity contribution is 5.54. The Morgan fingerprint density at radius 1 is 1.23 bits per heavy atom. The fourth-order valence-electron chi connectivity index (χ4n) is 4.03. The largest absolute Gasteiger partial charge is 0.374 e. The van der Waals surface area contributed by atoms with Crippen LogP contribution in [0.15, 0.2) is 24.7 Å². The van der Waals surface area contributed by atoms with Gasteiger partial charge in [0.25, 0.3) is 0 Å². The molecule has 26 heavy (non-hydrogen) atoms. The van der Waals surface area contributed by atoms with Gasteiger partial charge in [-0.15, -0.1) is 5.10 Å². The van der Waals surface area contributed by atoms with Crippen LogP contribution in [-0.4, -0.2) is 47.3 Å². The van der Waals surface area contributed by atoms with E-state index in [1.54, 1.807) is 10.7 Å². The first-order valence-electron chi connectivity index (χ1n) is 9.14. The third kappa shape index (κ3) is 2.46. The van der Waals surface area contributed by atoms with E-state index in [1.807, 2.05) is 23.1 Å². The molecule has 0 amide bonds. The average Bonchev–Trinajstić information content (AvgIpc) is 3.36. The smallest absolute Gasteiger partial charge is 0.164 e. The van der Waals surface area contributed by atoms with Gasteiger partial charge in [-0.05, 0) is 32.3 Å². The van der Waals surface area contributed by atoms with Crippen LogP contribution in [0, 0.1) is 0 Å². The van der Waals surface area contributed by atoms with Gasteiger partial charge in [-0.3, -0.25) is 5.32 Å². The average molecular weight is 354 g/mol. The summed E-state index contributed by atoms with van der Waals surface area (Å²) in [4.78, 5) is 7.14. The molecule has 3 aromatic heterocycles. The Labute approximate surface area is 150 Å². The van der Waals surface area contributed by atoms with E-state index in [-0.39, 0.29) is 12.1 Å². The van der Waals surface area contributed by atoms with Crippen LogP contribution in [0.25, 0.3) is 5.65 Å². The fraction of sp³-hybridized carbons (Fsp3) is 0.529. The van der Waals surface area contributed by atoms with Crippen molar-refractivity contribution < 1.29 is 5.11 Å². The molecule has 9 nitrogen and oxygen atoms in total. The lowest BCUT2D eigenvalue weighted by Gasteiger charge is -2.26. The highest BCUT2D eigenvalue weighted by Crippen LogP contribution is 2.35. The van der Waals surface area contributed by atoms with E-state index in [0.717, 1.165) is 43.9 Å². The molecule has 5 heterocycles. The first-order valence-corrected chi connectivity index (χ1v) is 9.14. The maximum absolute atomic E-state index is 10.6. The van der Waals surface area contributed by atoms with Crippen LogP contribution in [0.5, 0.6) is 0 Å². The summed E-state index contributed by atoms with van der Waals surface area (Å²) in [5.41, 5.74) is 2.52. The molecule has 0 aliphatic carbocycles. The predicted octanol–water partition coefficient (Wildman–Crippen LogP) is 1.03. The molecule has 1 saturated heterocycles. The summed E-state index contributed by atoms with van der Waals surface area (Å²) in [6.45, 7) is 3.76. The van der Waals surface area contributed by atoms with Crippen molar-refractivity contribution >= 4 is 11.5 Å². The zero-order valence-electron chi connectivity index (χ0n) is 14.7. The lowest BCUT2D eigenvalue weighted by atomic mass is 10.1. The summed E-state index contributed by atoms with van der Waals surface area (Å²) in [5, 5.41) is 26.7. The molecule has 136 valence electrons. The third-order valence-corrected chi connectivity index (χ3v) is 5.43. The monoisotopic (exact) mass is 354 g/mol. The van der Waals surface area contributed by atoms with Gasteiger partial charge in [0.15, 0.2) is 5.65 Å². The Balaban J connectivity index is 1.66. The predicted molar refractivity (Wildman–Crippen MR) is 94.5 cm³/mol. The SMILES string of the molecule is C[C@@H]1CCn2nncc2[C@H]2CCCN2c2ccn3ncc(c3n2)C(O)N1.